The highest BCUT2D eigenvalue weighted by molar-refractivity contribution is 5.03. The minimum atomic E-state index is 0.891. The van der Waals surface area contributed by atoms with E-state index in [1.807, 2.05) is 0 Å². The molecule has 1 saturated heterocycles. The highest BCUT2D eigenvalue weighted by Gasteiger charge is 2.51. The van der Waals surface area contributed by atoms with E-state index in [2.05, 4.69) is 11.8 Å². The monoisotopic (exact) mass is 219 g/mol. The zero-order valence-corrected chi connectivity index (χ0v) is 10.6. The summed E-state index contributed by atoms with van der Waals surface area (Å²) in [4.78, 5) is 2.91. The second-order valence-electron chi connectivity index (χ2n) is 7.15. The summed E-state index contributed by atoms with van der Waals surface area (Å²) in [5, 5.41) is 0. The largest absolute Gasteiger partial charge is 0.297 e. The number of rotatable bonds is 1. The van der Waals surface area contributed by atoms with E-state index in [0.717, 1.165) is 35.8 Å². The van der Waals surface area contributed by atoms with Crippen LogP contribution >= 0.6 is 0 Å². The first-order chi connectivity index (χ1) is 7.81. The summed E-state index contributed by atoms with van der Waals surface area (Å²) in [6.07, 6.45) is 10.9. The molecule has 0 aromatic carbocycles. The number of hydrogen-bond acceptors (Lipinski definition) is 1. The summed E-state index contributed by atoms with van der Waals surface area (Å²) in [6, 6.07) is 1.90. The van der Waals surface area contributed by atoms with Crippen LogP contribution in [0.25, 0.3) is 0 Å². The summed E-state index contributed by atoms with van der Waals surface area (Å²) in [7, 11) is 0. The molecule has 4 saturated carbocycles. The molecule has 4 bridgehead atoms. The minimum Gasteiger partial charge on any atom is -0.297 e. The van der Waals surface area contributed by atoms with Crippen molar-refractivity contribution in [2.45, 2.75) is 64.0 Å². The fourth-order valence-electron chi connectivity index (χ4n) is 5.84. The third-order valence-electron chi connectivity index (χ3n) is 6.16. The molecule has 1 heteroatoms. The second-order valence-corrected chi connectivity index (χ2v) is 7.15. The van der Waals surface area contributed by atoms with Gasteiger partial charge in [0.25, 0.3) is 0 Å². The molecule has 0 aromatic heterocycles. The molecule has 1 aliphatic heterocycles. The molecular weight excluding hydrogens is 194 g/mol. The third-order valence-corrected chi connectivity index (χ3v) is 6.16. The van der Waals surface area contributed by atoms with Gasteiger partial charge in [0.05, 0.1) is 0 Å². The molecule has 16 heavy (non-hydrogen) atoms. The molecule has 1 atom stereocenters. The lowest BCUT2D eigenvalue weighted by Gasteiger charge is -2.57. The minimum absolute atomic E-state index is 0.891. The van der Waals surface area contributed by atoms with Gasteiger partial charge < -0.3 is 0 Å². The maximum Gasteiger partial charge on any atom is 0.0155 e. The molecule has 90 valence electrons. The van der Waals surface area contributed by atoms with Crippen LogP contribution in [-0.2, 0) is 0 Å². The number of hydrogen-bond donors (Lipinski definition) is 0. The van der Waals surface area contributed by atoms with E-state index in [1.54, 1.807) is 32.1 Å². The molecule has 5 rings (SSSR count). The van der Waals surface area contributed by atoms with Crippen molar-refractivity contribution in [3.05, 3.63) is 0 Å². The van der Waals surface area contributed by atoms with Crippen molar-refractivity contribution >= 4 is 0 Å². The average Bonchev–Trinajstić information content (AvgIpc) is 2.63. The topological polar surface area (TPSA) is 3.24 Å². The lowest BCUT2D eigenvalue weighted by atomic mass is 9.54. The van der Waals surface area contributed by atoms with Crippen molar-refractivity contribution in [2.75, 3.05) is 6.54 Å². The zero-order valence-electron chi connectivity index (χ0n) is 10.6. The zero-order chi connectivity index (χ0) is 10.7. The van der Waals surface area contributed by atoms with Gasteiger partial charge in [-0.25, -0.2) is 0 Å². The number of nitrogens with zero attached hydrogens (tertiary/aromatic N) is 1. The SMILES string of the molecule is CC1CCCN1C1C2CC3CC(C2)CC1C3. The van der Waals surface area contributed by atoms with Crippen molar-refractivity contribution in [2.24, 2.45) is 23.7 Å². The van der Waals surface area contributed by atoms with Gasteiger partial charge in [0.1, 0.15) is 0 Å². The normalized spacial score (nSPS) is 56.1. The van der Waals surface area contributed by atoms with E-state index >= 15 is 0 Å². The third kappa shape index (κ3) is 1.33. The molecule has 5 fully saturated rings. The van der Waals surface area contributed by atoms with Gasteiger partial charge in [-0.2, -0.15) is 0 Å². The molecule has 0 N–H and O–H groups in total. The molecule has 1 heterocycles. The number of likely N-dealkylation sites (tertiary alicyclic amines) is 1. The van der Waals surface area contributed by atoms with Gasteiger partial charge in [-0.1, -0.05) is 0 Å². The first-order valence-corrected chi connectivity index (χ1v) is 7.57. The molecular formula is C15H25N. The predicted octanol–water partition coefficient (Wildman–Crippen LogP) is 3.30. The van der Waals surface area contributed by atoms with Crippen LogP contribution in [0.1, 0.15) is 51.9 Å². The maximum atomic E-state index is 2.91. The van der Waals surface area contributed by atoms with Crippen molar-refractivity contribution < 1.29 is 0 Å². The van der Waals surface area contributed by atoms with Gasteiger partial charge in [0.15, 0.2) is 0 Å². The van der Waals surface area contributed by atoms with Gasteiger partial charge >= 0.3 is 0 Å². The first-order valence-electron chi connectivity index (χ1n) is 7.57. The maximum absolute atomic E-state index is 2.91. The Morgan fingerprint density at radius 1 is 0.875 bits per heavy atom. The van der Waals surface area contributed by atoms with E-state index in [4.69, 9.17) is 0 Å². The highest BCUT2D eigenvalue weighted by Crippen LogP contribution is 2.55. The summed E-state index contributed by atoms with van der Waals surface area (Å²) >= 11 is 0. The van der Waals surface area contributed by atoms with Gasteiger partial charge in [0, 0.05) is 12.1 Å². The quantitative estimate of drug-likeness (QED) is 0.654. The van der Waals surface area contributed by atoms with Crippen LogP contribution in [0.5, 0.6) is 0 Å². The first kappa shape index (κ1) is 9.94. The van der Waals surface area contributed by atoms with Crippen LogP contribution in [0, 0.1) is 23.7 Å². The summed E-state index contributed by atoms with van der Waals surface area (Å²) in [5.74, 6) is 4.46. The van der Waals surface area contributed by atoms with Crippen molar-refractivity contribution in [3.8, 4) is 0 Å². The lowest BCUT2D eigenvalue weighted by molar-refractivity contribution is -0.0674. The van der Waals surface area contributed by atoms with Crippen LogP contribution < -0.4 is 0 Å². The average molecular weight is 219 g/mol. The van der Waals surface area contributed by atoms with Gasteiger partial charge in [-0.15, -0.1) is 0 Å². The Kier molecular flexibility index (Phi) is 2.16. The molecule has 0 aromatic rings. The Labute approximate surface area is 99.6 Å². The smallest absolute Gasteiger partial charge is 0.0155 e. The highest BCUT2D eigenvalue weighted by atomic mass is 15.2. The Bertz CT molecular complexity index is 257. The summed E-state index contributed by atoms with van der Waals surface area (Å²) < 4.78 is 0. The van der Waals surface area contributed by atoms with Gasteiger partial charge in [-0.05, 0) is 82.1 Å². The second kappa shape index (κ2) is 3.48. The molecule has 5 aliphatic rings. The van der Waals surface area contributed by atoms with Crippen LogP contribution in [0.15, 0.2) is 0 Å². The van der Waals surface area contributed by atoms with E-state index < -0.39 is 0 Å². The lowest BCUT2D eigenvalue weighted by Crippen LogP contribution is -2.56. The van der Waals surface area contributed by atoms with E-state index in [1.165, 1.54) is 19.4 Å². The molecule has 4 aliphatic carbocycles. The standard InChI is InChI=1S/C15H25N/c1-10-3-2-4-16(10)15-13-6-11-5-12(8-13)9-14(15)7-11/h10-15H,2-9H2,1H3. The van der Waals surface area contributed by atoms with Crippen LogP contribution in [0.2, 0.25) is 0 Å². The van der Waals surface area contributed by atoms with E-state index in [9.17, 15) is 0 Å². The van der Waals surface area contributed by atoms with Crippen LogP contribution in [-0.4, -0.2) is 23.5 Å². The predicted molar refractivity (Wildman–Crippen MR) is 66.2 cm³/mol. The molecule has 1 unspecified atom stereocenters. The molecule has 0 amide bonds. The Morgan fingerprint density at radius 2 is 1.50 bits per heavy atom. The summed E-state index contributed by atoms with van der Waals surface area (Å²) in [5.41, 5.74) is 0. The van der Waals surface area contributed by atoms with Gasteiger partial charge in [-0.3, -0.25) is 4.90 Å². The Morgan fingerprint density at radius 3 is 2.00 bits per heavy atom. The summed E-state index contributed by atoms with van der Waals surface area (Å²) in [6.45, 7) is 3.88. The Balaban J connectivity index is 1.60. The molecule has 0 radical (unpaired) electrons. The fourth-order valence-corrected chi connectivity index (χ4v) is 5.84. The van der Waals surface area contributed by atoms with Crippen molar-refractivity contribution in [1.29, 1.82) is 0 Å². The van der Waals surface area contributed by atoms with Crippen LogP contribution in [0.4, 0.5) is 0 Å². The van der Waals surface area contributed by atoms with E-state index in [-0.39, 0.29) is 0 Å². The Hall–Kier alpha value is -0.0400. The molecule has 1 nitrogen and oxygen atoms in total. The fraction of sp³-hybridized carbons (Fsp3) is 1.00. The van der Waals surface area contributed by atoms with Crippen LogP contribution in [0.3, 0.4) is 0 Å². The molecule has 0 spiro atoms. The van der Waals surface area contributed by atoms with Crippen molar-refractivity contribution in [3.63, 3.8) is 0 Å². The van der Waals surface area contributed by atoms with E-state index in [0.29, 0.717) is 0 Å². The van der Waals surface area contributed by atoms with Crippen molar-refractivity contribution in [1.82, 2.24) is 4.90 Å². The van der Waals surface area contributed by atoms with Gasteiger partial charge in [0.2, 0.25) is 0 Å².